The standard InChI is InChI=1S/C7H9Cl3O4/c1-2-14-6(13)4(11)3-5(12)7(8,9)10/h5,12H,2-3H2,1H3. The van der Waals surface area contributed by atoms with E-state index in [4.69, 9.17) is 39.9 Å². The molecule has 1 atom stereocenters. The van der Waals surface area contributed by atoms with Gasteiger partial charge in [-0.3, -0.25) is 4.79 Å². The van der Waals surface area contributed by atoms with E-state index in [1.165, 1.54) is 0 Å². The van der Waals surface area contributed by atoms with Gasteiger partial charge in [0.15, 0.2) is 0 Å². The molecule has 0 aliphatic rings. The Balaban J connectivity index is 4.13. The van der Waals surface area contributed by atoms with Gasteiger partial charge in [-0.15, -0.1) is 0 Å². The number of hydrogen-bond acceptors (Lipinski definition) is 4. The van der Waals surface area contributed by atoms with Gasteiger partial charge in [-0.25, -0.2) is 4.79 Å². The summed E-state index contributed by atoms with van der Waals surface area (Å²) in [6.45, 7) is 1.63. The van der Waals surface area contributed by atoms with E-state index in [1.807, 2.05) is 0 Å². The summed E-state index contributed by atoms with van der Waals surface area (Å²) in [4.78, 5) is 21.8. The molecule has 0 amide bonds. The zero-order valence-corrected chi connectivity index (χ0v) is 9.57. The number of alkyl halides is 3. The van der Waals surface area contributed by atoms with Gasteiger partial charge in [-0.05, 0) is 6.92 Å². The first-order valence-electron chi connectivity index (χ1n) is 3.73. The van der Waals surface area contributed by atoms with Gasteiger partial charge in [0.2, 0.25) is 9.58 Å². The Morgan fingerprint density at radius 3 is 2.29 bits per heavy atom. The fourth-order valence-electron chi connectivity index (χ4n) is 0.586. The van der Waals surface area contributed by atoms with Crippen LogP contribution >= 0.6 is 34.8 Å². The number of carbonyl (C=O) groups excluding carboxylic acids is 2. The average molecular weight is 264 g/mol. The van der Waals surface area contributed by atoms with Crippen molar-refractivity contribution < 1.29 is 19.4 Å². The molecule has 82 valence electrons. The molecule has 1 N–H and O–H groups in total. The first-order chi connectivity index (χ1) is 6.29. The second-order valence-corrected chi connectivity index (χ2v) is 4.77. The Morgan fingerprint density at radius 2 is 1.93 bits per heavy atom. The smallest absolute Gasteiger partial charge is 0.374 e. The normalized spacial score (nSPS) is 13.5. The molecule has 0 saturated carbocycles. The lowest BCUT2D eigenvalue weighted by atomic mass is 10.2. The number of rotatable bonds is 4. The predicted octanol–water partition coefficient (Wildman–Crippen LogP) is 1.24. The van der Waals surface area contributed by atoms with Crippen LogP contribution in [0.15, 0.2) is 0 Å². The summed E-state index contributed by atoms with van der Waals surface area (Å²) in [7, 11) is 0. The maximum Gasteiger partial charge on any atom is 0.374 e. The highest BCUT2D eigenvalue weighted by Gasteiger charge is 2.34. The minimum Gasteiger partial charge on any atom is -0.460 e. The van der Waals surface area contributed by atoms with Gasteiger partial charge in [0.05, 0.1) is 6.61 Å². The molecule has 0 aliphatic carbocycles. The number of aliphatic hydroxyl groups excluding tert-OH is 1. The summed E-state index contributed by atoms with van der Waals surface area (Å²) in [6.07, 6.45) is -2.10. The highest BCUT2D eigenvalue weighted by atomic mass is 35.6. The average Bonchev–Trinajstić information content (AvgIpc) is 2.02. The fourth-order valence-corrected chi connectivity index (χ4v) is 0.818. The summed E-state index contributed by atoms with van der Waals surface area (Å²) in [5, 5.41) is 9.15. The van der Waals surface area contributed by atoms with Gasteiger partial charge in [-0.2, -0.15) is 0 Å². The van der Waals surface area contributed by atoms with E-state index >= 15 is 0 Å². The number of ketones is 1. The topological polar surface area (TPSA) is 63.6 Å². The highest BCUT2D eigenvalue weighted by molar-refractivity contribution is 6.68. The third-order valence-corrected chi connectivity index (χ3v) is 2.02. The number of carbonyl (C=O) groups is 2. The van der Waals surface area contributed by atoms with Crippen LogP contribution in [0.25, 0.3) is 0 Å². The minimum atomic E-state index is -1.98. The zero-order valence-electron chi connectivity index (χ0n) is 7.30. The molecule has 4 nitrogen and oxygen atoms in total. The van der Waals surface area contributed by atoms with Gasteiger partial charge in [0.25, 0.3) is 0 Å². The molecule has 0 saturated heterocycles. The third-order valence-electron chi connectivity index (χ3n) is 1.26. The van der Waals surface area contributed by atoms with Crippen LogP contribution in [-0.4, -0.2) is 33.4 Å². The molecule has 0 heterocycles. The summed E-state index contributed by atoms with van der Waals surface area (Å²) in [5.41, 5.74) is 0. The Bertz CT molecular complexity index is 223. The van der Waals surface area contributed by atoms with E-state index in [9.17, 15) is 9.59 Å². The van der Waals surface area contributed by atoms with Crippen LogP contribution < -0.4 is 0 Å². The van der Waals surface area contributed by atoms with Crippen molar-refractivity contribution in [2.45, 2.75) is 23.2 Å². The largest absolute Gasteiger partial charge is 0.460 e. The number of ether oxygens (including phenoxy) is 1. The van der Waals surface area contributed by atoms with Crippen LogP contribution in [0.3, 0.4) is 0 Å². The molecule has 0 aromatic carbocycles. The van der Waals surface area contributed by atoms with Crippen molar-refractivity contribution in [2.75, 3.05) is 6.61 Å². The van der Waals surface area contributed by atoms with E-state index in [0.717, 1.165) is 0 Å². The molecule has 0 rings (SSSR count). The number of Topliss-reactive ketones (excluding diaryl/α,β-unsaturated/α-hetero) is 1. The van der Waals surface area contributed by atoms with Crippen molar-refractivity contribution in [3.8, 4) is 0 Å². The summed E-state index contributed by atoms with van der Waals surface area (Å²) < 4.78 is 2.40. The molecule has 0 radical (unpaired) electrons. The molecule has 0 aliphatic heterocycles. The lowest BCUT2D eigenvalue weighted by molar-refractivity contribution is -0.154. The molecule has 0 fully saturated rings. The van der Waals surface area contributed by atoms with Gasteiger partial charge in [0.1, 0.15) is 6.10 Å². The Morgan fingerprint density at radius 1 is 1.43 bits per heavy atom. The van der Waals surface area contributed by atoms with Crippen LogP contribution in [-0.2, 0) is 14.3 Å². The second-order valence-electron chi connectivity index (χ2n) is 2.41. The quantitative estimate of drug-likeness (QED) is 0.471. The molecule has 7 heteroatoms. The number of aliphatic hydroxyl groups is 1. The molecule has 0 bridgehead atoms. The molecule has 1 unspecified atom stereocenters. The van der Waals surface area contributed by atoms with Crippen molar-refractivity contribution in [2.24, 2.45) is 0 Å². The van der Waals surface area contributed by atoms with Crippen molar-refractivity contribution >= 4 is 46.6 Å². The molecule has 0 aromatic heterocycles. The molecular formula is C7H9Cl3O4. The van der Waals surface area contributed by atoms with Crippen LogP contribution in [0.5, 0.6) is 0 Å². The van der Waals surface area contributed by atoms with E-state index in [2.05, 4.69) is 4.74 Å². The van der Waals surface area contributed by atoms with Crippen LogP contribution in [0.2, 0.25) is 0 Å². The SMILES string of the molecule is CCOC(=O)C(=O)CC(O)C(Cl)(Cl)Cl. The van der Waals surface area contributed by atoms with Gasteiger partial charge >= 0.3 is 5.97 Å². The van der Waals surface area contributed by atoms with E-state index in [0.29, 0.717) is 0 Å². The highest BCUT2D eigenvalue weighted by Crippen LogP contribution is 2.31. The van der Waals surface area contributed by atoms with Crippen molar-refractivity contribution in [3.63, 3.8) is 0 Å². The van der Waals surface area contributed by atoms with Crippen LogP contribution in [0.1, 0.15) is 13.3 Å². The summed E-state index contributed by atoms with van der Waals surface area (Å²) >= 11 is 15.9. The van der Waals surface area contributed by atoms with Gasteiger partial charge in [0, 0.05) is 6.42 Å². The predicted molar refractivity (Wildman–Crippen MR) is 52.6 cm³/mol. The zero-order chi connectivity index (χ0) is 11.4. The molecule has 0 aromatic rings. The summed E-state index contributed by atoms with van der Waals surface area (Å²) in [6, 6.07) is 0. The molecular weight excluding hydrogens is 254 g/mol. The first kappa shape index (κ1) is 14.0. The Hall–Kier alpha value is -0.0300. The van der Waals surface area contributed by atoms with Crippen molar-refractivity contribution in [3.05, 3.63) is 0 Å². The lowest BCUT2D eigenvalue weighted by Crippen LogP contribution is -2.31. The Kier molecular flexibility index (Phi) is 5.74. The van der Waals surface area contributed by atoms with Crippen LogP contribution in [0, 0.1) is 0 Å². The van der Waals surface area contributed by atoms with E-state index in [-0.39, 0.29) is 6.61 Å². The minimum absolute atomic E-state index is 0.0778. The van der Waals surface area contributed by atoms with Crippen molar-refractivity contribution in [1.82, 2.24) is 0 Å². The molecule has 0 spiro atoms. The van der Waals surface area contributed by atoms with E-state index in [1.54, 1.807) is 6.92 Å². The lowest BCUT2D eigenvalue weighted by Gasteiger charge is -2.17. The fraction of sp³-hybridized carbons (Fsp3) is 0.714. The number of esters is 1. The Labute approximate surface area is 96.1 Å². The van der Waals surface area contributed by atoms with Crippen molar-refractivity contribution in [1.29, 1.82) is 0 Å². The molecule has 14 heavy (non-hydrogen) atoms. The number of hydrogen-bond donors (Lipinski definition) is 1. The first-order valence-corrected chi connectivity index (χ1v) is 4.87. The van der Waals surface area contributed by atoms with Gasteiger partial charge < -0.3 is 9.84 Å². The number of halogens is 3. The monoisotopic (exact) mass is 262 g/mol. The maximum atomic E-state index is 11.0. The summed E-state index contributed by atoms with van der Waals surface area (Å²) in [5.74, 6) is -1.97. The van der Waals surface area contributed by atoms with E-state index < -0.39 is 28.1 Å². The van der Waals surface area contributed by atoms with Gasteiger partial charge in [-0.1, -0.05) is 34.8 Å². The second kappa shape index (κ2) is 5.75. The third kappa shape index (κ3) is 5.00. The maximum absolute atomic E-state index is 11.0. The van der Waals surface area contributed by atoms with Crippen LogP contribution in [0.4, 0.5) is 0 Å².